The zero-order valence-corrected chi connectivity index (χ0v) is 12.9. The van der Waals surface area contributed by atoms with Gasteiger partial charge in [-0.3, -0.25) is 0 Å². The molecule has 1 aliphatic heterocycles. The van der Waals surface area contributed by atoms with Crippen molar-refractivity contribution < 1.29 is 4.79 Å². The highest BCUT2D eigenvalue weighted by atomic mass is 32.1. The van der Waals surface area contributed by atoms with E-state index < -0.39 is 0 Å². The molecule has 1 fully saturated rings. The largest absolute Gasteiger partial charge is 0.354 e. The second kappa shape index (κ2) is 5.85. The van der Waals surface area contributed by atoms with E-state index in [9.17, 15) is 4.79 Å². The highest BCUT2D eigenvalue weighted by molar-refractivity contribution is 7.18. The van der Waals surface area contributed by atoms with Gasteiger partial charge in [-0.2, -0.15) is 0 Å². The number of nitrogens with zero attached hydrogens (tertiary/aromatic N) is 4. The molecule has 2 N–H and O–H groups in total. The van der Waals surface area contributed by atoms with Crippen molar-refractivity contribution in [3.63, 3.8) is 0 Å². The van der Waals surface area contributed by atoms with Gasteiger partial charge < -0.3 is 15.5 Å². The number of aromatic nitrogens is 2. The summed E-state index contributed by atoms with van der Waals surface area (Å²) in [5, 5.41) is 1.12. The zero-order valence-electron chi connectivity index (χ0n) is 12.1. The Bertz CT molecular complexity index is 656. The molecule has 112 valence electrons. The van der Waals surface area contributed by atoms with Gasteiger partial charge in [0.05, 0.1) is 5.39 Å². The van der Waals surface area contributed by atoms with E-state index in [1.54, 1.807) is 22.6 Å². The summed E-state index contributed by atoms with van der Waals surface area (Å²) in [5.74, 6) is 0.974. The van der Waals surface area contributed by atoms with Crippen LogP contribution < -0.4 is 10.6 Å². The minimum atomic E-state index is -0.339. The van der Waals surface area contributed by atoms with Gasteiger partial charge in [0.25, 0.3) is 0 Å². The monoisotopic (exact) mass is 305 g/mol. The normalized spacial score (nSPS) is 16.2. The fourth-order valence-corrected chi connectivity index (χ4v) is 3.60. The lowest BCUT2D eigenvalue weighted by Crippen LogP contribution is -2.38. The zero-order chi connectivity index (χ0) is 14.8. The fraction of sp³-hybridized carbons (Fsp3) is 0.500. The molecule has 2 aromatic rings. The lowest BCUT2D eigenvalue weighted by atomic mass is 10.3. The van der Waals surface area contributed by atoms with Crippen LogP contribution in [-0.2, 0) is 6.42 Å². The second-order valence-electron chi connectivity index (χ2n) is 5.15. The lowest BCUT2D eigenvalue weighted by molar-refractivity contribution is 0.211. The van der Waals surface area contributed by atoms with Gasteiger partial charge in [-0.1, -0.05) is 6.92 Å². The molecule has 0 bridgehead atoms. The Kier molecular flexibility index (Phi) is 3.92. The molecule has 2 aromatic heterocycles. The number of carbonyl (C=O) groups is 1. The Balaban J connectivity index is 1.89. The number of nitrogens with two attached hydrogens (primary N) is 1. The van der Waals surface area contributed by atoms with Gasteiger partial charge in [-0.05, 0) is 18.9 Å². The van der Waals surface area contributed by atoms with Gasteiger partial charge in [0, 0.05) is 31.1 Å². The van der Waals surface area contributed by atoms with Crippen LogP contribution in [0.3, 0.4) is 0 Å². The summed E-state index contributed by atoms with van der Waals surface area (Å²) < 4.78 is 0. The van der Waals surface area contributed by atoms with E-state index in [0.29, 0.717) is 13.1 Å². The molecular formula is C14H19N5OS. The molecule has 0 spiro atoms. The third kappa shape index (κ3) is 2.78. The van der Waals surface area contributed by atoms with Crippen molar-refractivity contribution in [2.75, 3.05) is 31.1 Å². The van der Waals surface area contributed by atoms with E-state index in [1.807, 2.05) is 0 Å². The maximum Gasteiger partial charge on any atom is 0.314 e. The molecule has 0 unspecified atom stereocenters. The van der Waals surface area contributed by atoms with Crippen LogP contribution in [0.15, 0.2) is 12.4 Å². The average molecular weight is 305 g/mol. The minimum Gasteiger partial charge on any atom is -0.354 e. The Morgan fingerprint density at radius 1 is 1.33 bits per heavy atom. The van der Waals surface area contributed by atoms with E-state index in [4.69, 9.17) is 5.73 Å². The summed E-state index contributed by atoms with van der Waals surface area (Å²) >= 11 is 1.72. The van der Waals surface area contributed by atoms with Crippen molar-refractivity contribution in [2.24, 2.45) is 5.73 Å². The molecule has 0 atom stereocenters. The number of hydrogen-bond donors (Lipinski definition) is 1. The van der Waals surface area contributed by atoms with Gasteiger partial charge >= 0.3 is 6.03 Å². The molecule has 2 amide bonds. The third-order valence-corrected chi connectivity index (χ3v) is 5.00. The summed E-state index contributed by atoms with van der Waals surface area (Å²) in [6.07, 6.45) is 3.54. The van der Waals surface area contributed by atoms with Gasteiger partial charge in [0.15, 0.2) is 0 Å². The van der Waals surface area contributed by atoms with Crippen molar-refractivity contribution in [3.05, 3.63) is 17.3 Å². The molecule has 7 heteroatoms. The molecule has 0 radical (unpaired) electrons. The molecule has 0 aromatic carbocycles. The van der Waals surface area contributed by atoms with Crippen LogP contribution >= 0.6 is 11.3 Å². The quantitative estimate of drug-likeness (QED) is 0.918. The number of thiophene rings is 1. The lowest BCUT2D eigenvalue weighted by Gasteiger charge is -2.22. The number of primary amides is 1. The first-order chi connectivity index (χ1) is 10.2. The van der Waals surface area contributed by atoms with Crippen molar-refractivity contribution in [1.82, 2.24) is 14.9 Å². The Labute approximate surface area is 127 Å². The van der Waals surface area contributed by atoms with Crippen LogP contribution in [0.4, 0.5) is 10.6 Å². The number of anilines is 1. The summed E-state index contributed by atoms with van der Waals surface area (Å²) in [7, 11) is 0. The molecule has 6 nitrogen and oxygen atoms in total. The van der Waals surface area contributed by atoms with Crippen LogP contribution in [0, 0.1) is 0 Å². The second-order valence-corrected chi connectivity index (χ2v) is 6.26. The molecule has 0 aliphatic carbocycles. The fourth-order valence-electron chi connectivity index (χ4n) is 2.67. The van der Waals surface area contributed by atoms with E-state index in [0.717, 1.165) is 42.0 Å². The highest BCUT2D eigenvalue weighted by Crippen LogP contribution is 2.30. The predicted molar refractivity (Wildman–Crippen MR) is 84.8 cm³/mol. The summed E-state index contributed by atoms with van der Waals surface area (Å²) in [5.41, 5.74) is 5.38. The summed E-state index contributed by atoms with van der Waals surface area (Å²) in [6, 6.07) is 1.85. The van der Waals surface area contributed by atoms with Crippen molar-refractivity contribution in [2.45, 2.75) is 19.8 Å². The maximum absolute atomic E-state index is 11.3. The number of amides is 2. The standard InChI is InChI=1S/C14H19N5OS/c1-2-10-8-11-12(16-9-17-13(11)21-10)18-4-3-5-19(7-6-18)14(15)20/h8-9H,2-7H2,1H3,(H2,15,20). The van der Waals surface area contributed by atoms with Crippen LogP contribution in [0.5, 0.6) is 0 Å². The average Bonchev–Trinajstić information content (AvgIpc) is 2.75. The Hall–Kier alpha value is -1.89. The first-order valence-corrected chi connectivity index (χ1v) is 8.03. The van der Waals surface area contributed by atoms with E-state index >= 15 is 0 Å². The minimum absolute atomic E-state index is 0.339. The molecule has 21 heavy (non-hydrogen) atoms. The van der Waals surface area contributed by atoms with Crippen molar-refractivity contribution >= 4 is 33.4 Å². The third-order valence-electron chi connectivity index (χ3n) is 3.81. The molecule has 0 saturated carbocycles. The number of urea groups is 1. The van der Waals surface area contributed by atoms with Gasteiger partial charge in [-0.25, -0.2) is 14.8 Å². The van der Waals surface area contributed by atoms with Crippen molar-refractivity contribution in [1.29, 1.82) is 0 Å². The van der Waals surface area contributed by atoms with E-state index in [2.05, 4.69) is 27.9 Å². The van der Waals surface area contributed by atoms with Crippen LogP contribution in [0.25, 0.3) is 10.2 Å². The van der Waals surface area contributed by atoms with E-state index in [1.165, 1.54) is 4.88 Å². The number of aryl methyl sites for hydroxylation is 1. The van der Waals surface area contributed by atoms with Gasteiger partial charge in [0.1, 0.15) is 17.0 Å². The number of hydrogen-bond acceptors (Lipinski definition) is 5. The molecule has 1 aliphatic rings. The predicted octanol–water partition coefficient (Wildman–Crippen LogP) is 1.84. The molecule has 3 heterocycles. The number of rotatable bonds is 2. The van der Waals surface area contributed by atoms with Crippen molar-refractivity contribution in [3.8, 4) is 0 Å². The Morgan fingerprint density at radius 3 is 2.95 bits per heavy atom. The maximum atomic E-state index is 11.3. The molecule has 3 rings (SSSR count). The molecular weight excluding hydrogens is 286 g/mol. The summed E-state index contributed by atoms with van der Waals surface area (Å²) in [6.45, 7) is 5.14. The Morgan fingerprint density at radius 2 is 2.19 bits per heavy atom. The first-order valence-electron chi connectivity index (χ1n) is 7.21. The van der Waals surface area contributed by atoms with Gasteiger partial charge in [0.2, 0.25) is 0 Å². The first kappa shape index (κ1) is 14.1. The SMILES string of the molecule is CCc1cc2c(N3CCCN(C(N)=O)CC3)ncnc2s1. The smallest absolute Gasteiger partial charge is 0.314 e. The van der Waals surface area contributed by atoms with Gasteiger partial charge in [-0.15, -0.1) is 11.3 Å². The summed E-state index contributed by atoms with van der Waals surface area (Å²) in [4.78, 5) is 26.4. The van der Waals surface area contributed by atoms with E-state index in [-0.39, 0.29) is 6.03 Å². The topological polar surface area (TPSA) is 75.3 Å². The van der Waals surface area contributed by atoms with Crippen LogP contribution in [0.1, 0.15) is 18.2 Å². The molecule has 1 saturated heterocycles. The number of fused-ring (bicyclic) bond motifs is 1. The van der Waals surface area contributed by atoms with Crippen LogP contribution in [0.2, 0.25) is 0 Å². The number of carbonyl (C=O) groups excluding carboxylic acids is 1. The highest BCUT2D eigenvalue weighted by Gasteiger charge is 2.20. The van der Waals surface area contributed by atoms with Crippen LogP contribution in [-0.4, -0.2) is 47.1 Å².